The Kier molecular flexibility index (Phi) is 8.53. The van der Waals surface area contributed by atoms with Crippen LogP contribution < -0.4 is 5.32 Å². The molecule has 1 N–H and O–H groups in total. The molecule has 1 aromatic carbocycles. The minimum atomic E-state index is -0.534. The molecule has 4 nitrogen and oxygen atoms in total. The maximum atomic E-state index is 11.5. The second-order valence-electron chi connectivity index (χ2n) is 6.79. The minimum absolute atomic E-state index is 0.327. The molecule has 0 radical (unpaired) electrons. The van der Waals surface area contributed by atoms with Gasteiger partial charge in [-0.1, -0.05) is 81.5 Å². The molecule has 1 heterocycles. The highest BCUT2D eigenvalue weighted by Gasteiger charge is 2.37. The number of ether oxygens (including phenoxy) is 2. The number of allylic oxidation sites excluding steroid dienone is 1. The van der Waals surface area contributed by atoms with Gasteiger partial charge in [-0.05, 0) is 18.4 Å². The molecular weight excluding hydrogens is 314 g/mol. The van der Waals surface area contributed by atoms with Crippen LogP contribution in [-0.2, 0) is 16.1 Å². The summed E-state index contributed by atoms with van der Waals surface area (Å²) >= 11 is 0. The fourth-order valence-electron chi connectivity index (χ4n) is 2.96. The number of amides is 1. The van der Waals surface area contributed by atoms with E-state index in [2.05, 4.69) is 24.4 Å². The molecule has 138 valence electrons. The number of alkyl carbamates (subject to hydrolysis) is 1. The molecule has 0 aromatic heterocycles. The van der Waals surface area contributed by atoms with Crippen LogP contribution in [0, 0.1) is 0 Å². The molecule has 1 aromatic rings. The lowest BCUT2D eigenvalue weighted by atomic mass is 10.0. The van der Waals surface area contributed by atoms with E-state index in [1.54, 1.807) is 0 Å². The van der Waals surface area contributed by atoms with Gasteiger partial charge in [-0.2, -0.15) is 0 Å². The first kappa shape index (κ1) is 19.5. The number of unbranched alkanes of at least 4 members (excludes halogenated alkanes) is 6. The molecule has 1 aliphatic rings. The van der Waals surface area contributed by atoms with Crippen molar-refractivity contribution in [3.8, 4) is 0 Å². The van der Waals surface area contributed by atoms with Crippen LogP contribution in [0.25, 0.3) is 0 Å². The monoisotopic (exact) mass is 345 g/mol. The zero-order chi connectivity index (χ0) is 17.8. The van der Waals surface area contributed by atoms with Crippen LogP contribution in [0.5, 0.6) is 0 Å². The first-order valence-corrected chi connectivity index (χ1v) is 9.48. The summed E-state index contributed by atoms with van der Waals surface area (Å²) in [7, 11) is 0. The summed E-state index contributed by atoms with van der Waals surface area (Å²) in [5.74, 6) is 0. The van der Waals surface area contributed by atoms with Crippen molar-refractivity contribution < 1.29 is 14.3 Å². The SMILES string of the molecule is CCCCCCCCC=C[C@]1(COCc2ccccc2)COC(=O)N1. The van der Waals surface area contributed by atoms with Gasteiger partial charge in [0.15, 0.2) is 0 Å². The first-order chi connectivity index (χ1) is 12.2. The fraction of sp³-hybridized carbons (Fsp3) is 0.571. The van der Waals surface area contributed by atoms with Crippen molar-refractivity contribution >= 4 is 6.09 Å². The van der Waals surface area contributed by atoms with Crippen molar-refractivity contribution in [3.05, 3.63) is 48.0 Å². The van der Waals surface area contributed by atoms with Gasteiger partial charge in [-0.3, -0.25) is 0 Å². The molecule has 0 bridgehead atoms. The molecule has 0 spiro atoms. The summed E-state index contributed by atoms with van der Waals surface area (Å²) < 4.78 is 10.9. The molecule has 1 amide bonds. The van der Waals surface area contributed by atoms with Crippen molar-refractivity contribution in [2.24, 2.45) is 0 Å². The van der Waals surface area contributed by atoms with Gasteiger partial charge < -0.3 is 14.8 Å². The Morgan fingerprint density at radius 3 is 2.64 bits per heavy atom. The van der Waals surface area contributed by atoms with E-state index in [4.69, 9.17) is 9.47 Å². The summed E-state index contributed by atoms with van der Waals surface area (Å²) in [5, 5.41) is 2.90. The van der Waals surface area contributed by atoms with Gasteiger partial charge in [0.2, 0.25) is 0 Å². The Labute approximate surface area is 151 Å². The molecule has 2 rings (SSSR count). The standard InChI is InChI=1S/C21H31NO3/c1-2-3-4-5-6-7-8-12-15-21(18-25-20(23)22-21)17-24-16-19-13-10-9-11-14-19/h9-15H,2-8,16-18H2,1H3,(H,22,23)/t21-/m0/s1. The number of carbonyl (C=O) groups is 1. The van der Waals surface area contributed by atoms with Crippen molar-refractivity contribution in [1.29, 1.82) is 0 Å². The Hall–Kier alpha value is -1.81. The smallest absolute Gasteiger partial charge is 0.408 e. The lowest BCUT2D eigenvalue weighted by Gasteiger charge is -2.22. The third kappa shape index (κ3) is 7.30. The Morgan fingerprint density at radius 1 is 1.16 bits per heavy atom. The van der Waals surface area contributed by atoms with E-state index >= 15 is 0 Å². The molecule has 0 saturated carbocycles. The maximum absolute atomic E-state index is 11.5. The van der Waals surface area contributed by atoms with Crippen molar-refractivity contribution in [2.75, 3.05) is 13.2 Å². The van der Waals surface area contributed by atoms with Gasteiger partial charge in [-0.15, -0.1) is 0 Å². The van der Waals surface area contributed by atoms with Crippen LogP contribution in [-0.4, -0.2) is 24.8 Å². The highest BCUT2D eigenvalue weighted by molar-refractivity contribution is 5.71. The molecular formula is C21H31NO3. The molecule has 1 saturated heterocycles. The maximum Gasteiger partial charge on any atom is 0.408 e. The number of hydrogen-bond acceptors (Lipinski definition) is 3. The third-order valence-electron chi connectivity index (χ3n) is 4.44. The molecule has 0 aliphatic carbocycles. The average Bonchev–Trinajstić information content (AvgIpc) is 2.99. The number of benzene rings is 1. The second kappa shape index (κ2) is 10.9. The van der Waals surface area contributed by atoms with Gasteiger partial charge in [-0.25, -0.2) is 4.79 Å². The Morgan fingerprint density at radius 2 is 1.92 bits per heavy atom. The van der Waals surface area contributed by atoms with Crippen LogP contribution in [0.15, 0.2) is 42.5 Å². The predicted octanol–water partition coefficient (Wildman–Crippen LogP) is 4.99. The Bertz CT molecular complexity index is 529. The van der Waals surface area contributed by atoms with Crippen molar-refractivity contribution in [1.82, 2.24) is 5.32 Å². The minimum Gasteiger partial charge on any atom is -0.447 e. The van der Waals surface area contributed by atoms with Crippen LogP contribution in [0.1, 0.15) is 57.4 Å². The molecule has 1 fully saturated rings. The highest BCUT2D eigenvalue weighted by atomic mass is 16.6. The quantitative estimate of drug-likeness (QED) is 0.429. The van der Waals surface area contributed by atoms with Gasteiger partial charge in [0.25, 0.3) is 0 Å². The van der Waals surface area contributed by atoms with Gasteiger partial charge >= 0.3 is 6.09 Å². The topological polar surface area (TPSA) is 47.6 Å². The van der Waals surface area contributed by atoms with E-state index in [-0.39, 0.29) is 6.09 Å². The lowest BCUT2D eigenvalue weighted by molar-refractivity contribution is 0.0759. The largest absolute Gasteiger partial charge is 0.447 e. The summed E-state index contributed by atoms with van der Waals surface area (Å²) in [5.41, 5.74) is 0.590. The summed E-state index contributed by atoms with van der Waals surface area (Å²) in [6.45, 7) is 3.51. The molecule has 1 aliphatic heterocycles. The van der Waals surface area contributed by atoms with E-state index in [1.165, 1.54) is 38.5 Å². The number of rotatable bonds is 12. The third-order valence-corrected chi connectivity index (χ3v) is 4.44. The fourth-order valence-corrected chi connectivity index (χ4v) is 2.96. The first-order valence-electron chi connectivity index (χ1n) is 9.48. The van der Waals surface area contributed by atoms with Crippen LogP contribution in [0.2, 0.25) is 0 Å². The van der Waals surface area contributed by atoms with E-state index in [0.717, 1.165) is 12.0 Å². The van der Waals surface area contributed by atoms with E-state index < -0.39 is 5.54 Å². The van der Waals surface area contributed by atoms with E-state index in [9.17, 15) is 4.79 Å². The Balaban J connectivity index is 1.73. The summed E-state index contributed by atoms with van der Waals surface area (Å²) in [6.07, 6.45) is 12.6. The average molecular weight is 345 g/mol. The van der Waals surface area contributed by atoms with Crippen LogP contribution in [0.4, 0.5) is 4.79 Å². The predicted molar refractivity (Wildman–Crippen MR) is 100 cm³/mol. The zero-order valence-electron chi connectivity index (χ0n) is 15.3. The molecule has 0 unspecified atom stereocenters. The highest BCUT2D eigenvalue weighted by Crippen LogP contribution is 2.18. The number of nitrogens with one attached hydrogen (secondary N) is 1. The molecule has 4 heteroatoms. The van der Waals surface area contributed by atoms with E-state index in [1.807, 2.05) is 30.3 Å². The zero-order valence-corrected chi connectivity index (χ0v) is 15.3. The van der Waals surface area contributed by atoms with Crippen molar-refractivity contribution in [3.63, 3.8) is 0 Å². The van der Waals surface area contributed by atoms with Gasteiger partial charge in [0.1, 0.15) is 12.1 Å². The number of hydrogen-bond donors (Lipinski definition) is 1. The van der Waals surface area contributed by atoms with E-state index in [0.29, 0.717) is 19.8 Å². The molecule has 25 heavy (non-hydrogen) atoms. The van der Waals surface area contributed by atoms with Crippen molar-refractivity contribution in [2.45, 2.75) is 64.0 Å². The second-order valence-corrected chi connectivity index (χ2v) is 6.79. The summed E-state index contributed by atoms with van der Waals surface area (Å²) in [6, 6.07) is 10.0. The number of carbonyl (C=O) groups excluding carboxylic acids is 1. The van der Waals surface area contributed by atoms with Crippen LogP contribution in [0.3, 0.4) is 0 Å². The lowest BCUT2D eigenvalue weighted by Crippen LogP contribution is -2.45. The summed E-state index contributed by atoms with van der Waals surface area (Å²) in [4.78, 5) is 11.5. The van der Waals surface area contributed by atoms with Crippen LogP contribution >= 0.6 is 0 Å². The normalized spacial score (nSPS) is 20.0. The molecule has 1 atom stereocenters. The number of cyclic esters (lactones) is 1. The van der Waals surface area contributed by atoms with Gasteiger partial charge in [0, 0.05) is 0 Å². The van der Waals surface area contributed by atoms with Gasteiger partial charge in [0.05, 0.1) is 13.2 Å².